The summed E-state index contributed by atoms with van der Waals surface area (Å²) in [6.45, 7) is 7.30. The lowest BCUT2D eigenvalue weighted by Crippen LogP contribution is -2.07. The van der Waals surface area contributed by atoms with Crippen molar-refractivity contribution in [3.63, 3.8) is 0 Å². The van der Waals surface area contributed by atoms with E-state index in [4.69, 9.17) is 4.74 Å². The molecule has 0 saturated heterocycles. The fraction of sp³-hybridized carbons (Fsp3) is 0.200. The summed E-state index contributed by atoms with van der Waals surface area (Å²) in [6, 6.07) is 11.1. The molecule has 0 spiro atoms. The van der Waals surface area contributed by atoms with Crippen molar-refractivity contribution in [2.24, 2.45) is 0 Å². The van der Waals surface area contributed by atoms with Crippen LogP contribution < -0.4 is 10.1 Å². The Morgan fingerprint density at radius 2 is 1.58 bits per heavy atom. The van der Waals surface area contributed by atoms with Crippen molar-refractivity contribution in [3.8, 4) is 5.75 Å². The van der Waals surface area contributed by atoms with E-state index in [0.717, 1.165) is 22.3 Å². The molecule has 0 fully saturated rings. The van der Waals surface area contributed by atoms with E-state index in [1.165, 1.54) is 13.0 Å². The molecular formula is C20H21NO3. The van der Waals surface area contributed by atoms with Crippen molar-refractivity contribution < 1.29 is 14.3 Å². The molecule has 4 nitrogen and oxygen atoms in total. The summed E-state index contributed by atoms with van der Waals surface area (Å²) in [6.07, 6.45) is 3.08. The molecule has 0 aliphatic rings. The molecule has 0 saturated carbocycles. The minimum absolute atomic E-state index is 0.120. The van der Waals surface area contributed by atoms with Crippen LogP contribution in [-0.4, -0.2) is 11.9 Å². The Hall–Kier alpha value is -2.88. The van der Waals surface area contributed by atoms with Crippen LogP contribution in [0.4, 0.5) is 5.69 Å². The first kappa shape index (κ1) is 17.5. The standard InChI is InChI=1S/C20H21NO3/c1-13-5-6-14(2)20(15(13)3)24-19(23)12-9-17-7-10-18(11-8-17)21-16(4)22/h5-12H,1-4H3,(H,21,22)/b12-9+. The average Bonchev–Trinajstić information content (AvgIpc) is 2.54. The quantitative estimate of drug-likeness (QED) is 0.521. The molecule has 1 N–H and O–H groups in total. The van der Waals surface area contributed by atoms with Gasteiger partial charge in [-0.05, 0) is 61.2 Å². The van der Waals surface area contributed by atoms with Gasteiger partial charge in [0.2, 0.25) is 5.91 Å². The summed E-state index contributed by atoms with van der Waals surface area (Å²) in [4.78, 5) is 23.0. The zero-order valence-corrected chi connectivity index (χ0v) is 14.3. The van der Waals surface area contributed by atoms with Crippen molar-refractivity contribution in [3.05, 3.63) is 64.7 Å². The van der Waals surface area contributed by atoms with Gasteiger partial charge in [-0.25, -0.2) is 4.79 Å². The maximum absolute atomic E-state index is 12.0. The van der Waals surface area contributed by atoms with Crippen LogP contribution >= 0.6 is 0 Å². The number of esters is 1. The number of carbonyl (C=O) groups excluding carboxylic acids is 2. The first-order valence-corrected chi connectivity index (χ1v) is 7.71. The molecule has 0 aliphatic carbocycles. The zero-order chi connectivity index (χ0) is 17.7. The topological polar surface area (TPSA) is 55.4 Å². The summed E-state index contributed by atoms with van der Waals surface area (Å²) in [5, 5.41) is 2.69. The minimum atomic E-state index is -0.419. The van der Waals surface area contributed by atoms with Gasteiger partial charge in [0.05, 0.1) is 0 Å². The van der Waals surface area contributed by atoms with Gasteiger partial charge in [0.25, 0.3) is 0 Å². The Morgan fingerprint density at radius 1 is 0.958 bits per heavy atom. The van der Waals surface area contributed by atoms with Crippen LogP contribution in [0.2, 0.25) is 0 Å². The maximum atomic E-state index is 12.0. The Bertz CT molecular complexity index is 789. The van der Waals surface area contributed by atoms with Gasteiger partial charge in [0.15, 0.2) is 0 Å². The van der Waals surface area contributed by atoms with Crippen LogP contribution in [0.15, 0.2) is 42.5 Å². The predicted octanol–water partition coefficient (Wildman–Crippen LogP) is 4.19. The summed E-state index contributed by atoms with van der Waals surface area (Å²) in [5.41, 5.74) is 4.55. The fourth-order valence-corrected chi connectivity index (χ4v) is 2.26. The number of nitrogens with one attached hydrogen (secondary N) is 1. The highest BCUT2D eigenvalue weighted by Gasteiger charge is 2.09. The third-order valence-corrected chi connectivity index (χ3v) is 3.72. The summed E-state index contributed by atoms with van der Waals surface area (Å²) in [5.74, 6) is 0.0779. The van der Waals surface area contributed by atoms with Gasteiger partial charge >= 0.3 is 5.97 Å². The third kappa shape index (κ3) is 4.56. The largest absolute Gasteiger partial charge is 0.423 e. The van der Waals surface area contributed by atoms with Crippen LogP contribution in [0.3, 0.4) is 0 Å². The Balaban J connectivity index is 2.06. The van der Waals surface area contributed by atoms with Crippen LogP contribution in [0.1, 0.15) is 29.2 Å². The second kappa shape index (κ2) is 7.59. The van der Waals surface area contributed by atoms with Crippen molar-refractivity contribution in [1.82, 2.24) is 0 Å². The second-order valence-electron chi connectivity index (χ2n) is 5.71. The Morgan fingerprint density at radius 3 is 2.21 bits per heavy atom. The average molecular weight is 323 g/mol. The number of carbonyl (C=O) groups is 2. The van der Waals surface area contributed by atoms with E-state index in [2.05, 4.69) is 5.32 Å². The second-order valence-corrected chi connectivity index (χ2v) is 5.71. The molecule has 2 rings (SSSR count). The predicted molar refractivity (Wildman–Crippen MR) is 96.1 cm³/mol. The Kier molecular flexibility index (Phi) is 5.53. The first-order valence-electron chi connectivity index (χ1n) is 7.71. The number of amides is 1. The van der Waals surface area contributed by atoms with E-state index >= 15 is 0 Å². The lowest BCUT2D eigenvalue weighted by molar-refractivity contribution is -0.129. The molecule has 0 heterocycles. The molecule has 1 amide bonds. The van der Waals surface area contributed by atoms with E-state index in [9.17, 15) is 9.59 Å². The number of aryl methyl sites for hydroxylation is 2. The summed E-state index contributed by atoms with van der Waals surface area (Å²) >= 11 is 0. The molecule has 0 aliphatic heterocycles. The molecule has 0 atom stereocenters. The van der Waals surface area contributed by atoms with Crippen LogP contribution in [0.25, 0.3) is 6.08 Å². The van der Waals surface area contributed by atoms with Gasteiger partial charge in [0.1, 0.15) is 5.75 Å². The van der Waals surface area contributed by atoms with Gasteiger partial charge in [-0.2, -0.15) is 0 Å². The molecule has 2 aromatic rings. The zero-order valence-electron chi connectivity index (χ0n) is 14.3. The molecule has 0 aromatic heterocycles. The third-order valence-electron chi connectivity index (χ3n) is 3.72. The molecule has 124 valence electrons. The lowest BCUT2D eigenvalue weighted by Gasteiger charge is -2.11. The van der Waals surface area contributed by atoms with Crippen molar-refractivity contribution >= 4 is 23.6 Å². The van der Waals surface area contributed by atoms with E-state index in [1.54, 1.807) is 18.2 Å². The van der Waals surface area contributed by atoms with E-state index in [1.807, 2.05) is 45.0 Å². The molecule has 0 bridgehead atoms. The molecule has 0 unspecified atom stereocenters. The fourth-order valence-electron chi connectivity index (χ4n) is 2.26. The van der Waals surface area contributed by atoms with Gasteiger partial charge in [-0.1, -0.05) is 24.3 Å². The lowest BCUT2D eigenvalue weighted by atomic mass is 10.1. The smallest absolute Gasteiger partial charge is 0.336 e. The number of benzene rings is 2. The highest BCUT2D eigenvalue weighted by molar-refractivity contribution is 5.90. The minimum Gasteiger partial charge on any atom is -0.423 e. The van der Waals surface area contributed by atoms with Crippen molar-refractivity contribution in [1.29, 1.82) is 0 Å². The SMILES string of the molecule is CC(=O)Nc1ccc(/C=C/C(=O)Oc2c(C)ccc(C)c2C)cc1. The van der Waals surface area contributed by atoms with Gasteiger partial charge in [-0.15, -0.1) is 0 Å². The molecule has 2 aromatic carbocycles. The van der Waals surface area contributed by atoms with Gasteiger partial charge in [-0.3, -0.25) is 4.79 Å². The highest BCUT2D eigenvalue weighted by Crippen LogP contribution is 2.26. The monoisotopic (exact) mass is 323 g/mol. The number of rotatable bonds is 4. The summed E-state index contributed by atoms with van der Waals surface area (Å²) in [7, 11) is 0. The number of hydrogen-bond acceptors (Lipinski definition) is 3. The molecule has 4 heteroatoms. The van der Waals surface area contributed by atoms with Crippen molar-refractivity contribution in [2.75, 3.05) is 5.32 Å². The highest BCUT2D eigenvalue weighted by atomic mass is 16.5. The van der Waals surface area contributed by atoms with Crippen LogP contribution in [-0.2, 0) is 9.59 Å². The molecule has 0 radical (unpaired) electrons. The number of anilines is 1. The summed E-state index contributed by atoms with van der Waals surface area (Å²) < 4.78 is 5.47. The van der Waals surface area contributed by atoms with Gasteiger partial charge < -0.3 is 10.1 Å². The van der Waals surface area contributed by atoms with Crippen LogP contribution in [0, 0.1) is 20.8 Å². The normalized spacial score (nSPS) is 10.7. The Labute approximate surface area is 142 Å². The number of ether oxygens (including phenoxy) is 1. The molecular weight excluding hydrogens is 302 g/mol. The van der Waals surface area contributed by atoms with Crippen molar-refractivity contribution in [2.45, 2.75) is 27.7 Å². The molecule has 24 heavy (non-hydrogen) atoms. The van der Waals surface area contributed by atoms with Gasteiger partial charge in [0, 0.05) is 18.7 Å². The first-order chi connectivity index (χ1) is 11.4. The van der Waals surface area contributed by atoms with Crippen LogP contribution in [0.5, 0.6) is 5.75 Å². The van der Waals surface area contributed by atoms with E-state index in [0.29, 0.717) is 11.4 Å². The van der Waals surface area contributed by atoms with E-state index < -0.39 is 5.97 Å². The van der Waals surface area contributed by atoms with E-state index in [-0.39, 0.29) is 5.91 Å². The maximum Gasteiger partial charge on any atom is 0.336 e. The number of hydrogen-bond donors (Lipinski definition) is 1.